The lowest BCUT2D eigenvalue weighted by molar-refractivity contribution is -0.133. The molecule has 0 aromatic heterocycles. The highest BCUT2D eigenvalue weighted by Crippen LogP contribution is 2.31. The van der Waals surface area contributed by atoms with Crippen molar-refractivity contribution in [2.75, 3.05) is 75.8 Å². The topological polar surface area (TPSA) is 39.3 Å². The van der Waals surface area contributed by atoms with E-state index in [1.165, 1.54) is 22.1 Å². The Morgan fingerprint density at radius 2 is 1.52 bits per heavy atom. The maximum absolute atomic E-state index is 12.8. The van der Waals surface area contributed by atoms with E-state index in [4.69, 9.17) is 4.74 Å². The number of anilines is 2. The third kappa shape index (κ3) is 4.91. The second-order valence-electron chi connectivity index (χ2n) is 8.94. The summed E-state index contributed by atoms with van der Waals surface area (Å²) >= 11 is 0. The first kappa shape index (κ1) is 21.6. The first-order valence-electron chi connectivity index (χ1n) is 11.8. The number of hydrogen-bond acceptors (Lipinski definition) is 5. The van der Waals surface area contributed by atoms with E-state index in [0.29, 0.717) is 0 Å². The van der Waals surface area contributed by atoms with Crippen LogP contribution < -0.4 is 14.5 Å². The van der Waals surface area contributed by atoms with E-state index in [2.05, 4.69) is 76.3 Å². The summed E-state index contributed by atoms with van der Waals surface area (Å²) in [7, 11) is 2.17. The summed E-state index contributed by atoms with van der Waals surface area (Å²) in [4.78, 5) is 21.8. The lowest BCUT2D eigenvalue weighted by atomic mass is 10.1. The SMILES string of the molecule is CN1CCN(c2cccc3ccc(OCC(=O)N4CCN(c5ccccc5)CC4)cc23)CC1. The van der Waals surface area contributed by atoms with E-state index in [9.17, 15) is 4.79 Å². The predicted molar refractivity (Wildman–Crippen MR) is 134 cm³/mol. The fraction of sp³-hybridized carbons (Fsp3) is 0.370. The summed E-state index contributed by atoms with van der Waals surface area (Å²) in [6.07, 6.45) is 0. The average molecular weight is 445 g/mol. The third-order valence-corrected chi connectivity index (χ3v) is 6.79. The molecule has 0 saturated carbocycles. The molecule has 0 aliphatic carbocycles. The zero-order valence-electron chi connectivity index (χ0n) is 19.3. The zero-order valence-corrected chi connectivity index (χ0v) is 19.3. The molecule has 2 aliphatic heterocycles. The number of carbonyl (C=O) groups excluding carboxylic acids is 1. The molecule has 1 amide bonds. The van der Waals surface area contributed by atoms with Crippen LogP contribution in [0.3, 0.4) is 0 Å². The highest BCUT2D eigenvalue weighted by atomic mass is 16.5. The summed E-state index contributed by atoms with van der Waals surface area (Å²) < 4.78 is 5.97. The minimum absolute atomic E-state index is 0.0511. The fourth-order valence-corrected chi connectivity index (χ4v) is 4.74. The van der Waals surface area contributed by atoms with Crippen LogP contribution in [0.2, 0.25) is 0 Å². The number of carbonyl (C=O) groups is 1. The Labute approximate surface area is 195 Å². The summed E-state index contributed by atoms with van der Waals surface area (Å²) in [6, 6.07) is 23.0. The first-order chi connectivity index (χ1) is 16.2. The van der Waals surface area contributed by atoms with Crippen LogP contribution in [0.25, 0.3) is 10.8 Å². The number of rotatable bonds is 5. The molecule has 0 unspecified atom stereocenters. The Kier molecular flexibility index (Phi) is 6.35. The minimum Gasteiger partial charge on any atom is -0.484 e. The van der Waals surface area contributed by atoms with E-state index in [1.807, 2.05) is 17.0 Å². The van der Waals surface area contributed by atoms with Crippen LogP contribution in [0.4, 0.5) is 11.4 Å². The predicted octanol–water partition coefficient (Wildman–Crippen LogP) is 3.32. The Morgan fingerprint density at radius 3 is 2.27 bits per heavy atom. The number of benzene rings is 3. The molecule has 6 nitrogen and oxygen atoms in total. The molecule has 2 heterocycles. The Bertz CT molecular complexity index is 1090. The number of amides is 1. The second-order valence-corrected chi connectivity index (χ2v) is 8.94. The van der Waals surface area contributed by atoms with Crippen LogP contribution in [0.5, 0.6) is 5.75 Å². The van der Waals surface area contributed by atoms with Crippen molar-refractivity contribution in [3.63, 3.8) is 0 Å². The van der Waals surface area contributed by atoms with Crippen LogP contribution in [-0.2, 0) is 4.79 Å². The molecule has 6 heteroatoms. The van der Waals surface area contributed by atoms with E-state index >= 15 is 0 Å². The molecule has 2 fully saturated rings. The standard InChI is InChI=1S/C27H32N4O2/c1-28-12-14-30(15-13-28)26-9-5-6-22-10-11-24(20-25(22)26)33-21-27(32)31-18-16-29(17-19-31)23-7-3-2-4-8-23/h2-11,20H,12-19,21H2,1H3. The second kappa shape index (κ2) is 9.71. The molecule has 0 N–H and O–H groups in total. The van der Waals surface area contributed by atoms with Gasteiger partial charge in [-0.3, -0.25) is 4.79 Å². The average Bonchev–Trinajstić information content (AvgIpc) is 2.88. The van der Waals surface area contributed by atoms with Crippen molar-refractivity contribution >= 4 is 28.1 Å². The molecule has 2 saturated heterocycles. The van der Waals surface area contributed by atoms with Gasteiger partial charge in [-0.05, 0) is 42.8 Å². The van der Waals surface area contributed by atoms with Crippen molar-refractivity contribution in [3.8, 4) is 5.75 Å². The zero-order chi connectivity index (χ0) is 22.6. The number of piperazine rings is 2. The van der Waals surface area contributed by atoms with Gasteiger partial charge in [-0.15, -0.1) is 0 Å². The Hall–Kier alpha value is -3.25. The fourth-order valence-electron chi connectivity index (χ4n) is 4.74. The van der Waals surface area contributed by atoms with E-state index in [-0.39, 0.29) is 12.5 Å². The monoisotopic (exact) mass is 444 g/mol. The lowest BCUT2D eigenvalue weighted by Gasteiger charge is -2.36. The Balaban J connectivity index is 1.21. The van der Waals surface area contributed by atoms with Crippen molar-refractivity contribution in [2.45, 2.75) is 0 Å². The smallest absolute Gasteiger partial charge is 0.260 e. The summed E-state index contributed by atoms with van der Waals surface area (Å²) in [5.74, 6) is 0.801. The molecular weight excluding hydrogens is 412 g/mol. The third-order valence-electron chi connectivity index (χ3n) is 6.79. The summed E-state index contributed by atoms with van der Waals surface area (Å²) in [6.45, 7) is 7.40. The van der Waals surface area contributed by atoms with Gasteiger partial charge in [0.1, 0.15) is 5.75 Å². The molecule has 0 spiro atoms. The van der Waals surface area contributed by atoms with E-state index in [1.54, 1.807) is 0 Å². The maximum atomic E-state index is 12.8. The number of hydrogen-bond donors (Lipinski definition) is 0. The van der Waals surface area contributed by atoms with Gasteiger partial charge in [0.15, 0.2) is 6.61 Å². The van der Waals surface area contributed by atoms with Gasteiger partial charge in [0.05, 0.1) is 0 Å². The van der Waals surface area contributed by atoms with Crippen LogP contribution in [0.1, 0.15) is 0 Å². The molecule has 0 bridgehead atoms. The van der Waals surface area contributed by atoms with Crippen LogP contribution in [0, 0.1) is 0 Å². The van der Waals surface area contributed by atoms with Gasteiger partial charge in [-0.25, -0.2) is 0 Å². The number of likely N-dealkylation sites (N-methyl/N-ethyl adjacent to an activating group) is 1. The van der Waals surface area contributed by atoms with Crippen LogP contribution in [-0.4, -0.2) is 81.7 Å². The molecule has 33 heavy (non-hydrogen) atoms. The van der Waals surface area contributed by atoms with Crippen molar-refractivity contribution in [1.82, 2.24) is 9.80 Å². The van der Waals surface area contributed by atoms with Gasteiger partial charge in [-0.1, -0.05) is 36.4 Å². The van der Waals surface area contributed by atoms with E-state index < -0.39 is 0 Å². The molecular formula is C27H32N4O2. The van der Waals surface area contributed by atoms with Crippen molar-refractivity contribution < 1.29 is 9.53 Å². The van der Waals surface area contributed by atoms with Crippen molar-refractivity contribution in [3.05, 3.63) is 66.7 Å². The van der Waals surface area contributed by atoms with Gasteiger partial charge in [0.25, 0.3) is 5.91 Å². The summed E-state index contributed by atoms with van der Waals surface area (Å²) in [5.41, 5.74) is 2.46. The van der Waals surface area contributed by atoms with Crippen molar-refractivity contribution in [1.29, 1.82) is 0 Å². The normalized spacial score (nSPS) is 17.4. The number of ether oxygens (including phenoxy) is 1. The van der Waals surface area contributed by atoms with Gasteiger partial charge in [-0.2, -0.15) is 0 Å². The number of fused-ring (bicyclic) bond motifs is 1. The molecule has 172 valence electrons. The number of nitrogens with zero attached hydrogens (tertiary/aromatic N) is 4. The largest absolute Gasteiger partial charge is 0.484 e. The maximum Gasteiger partial charge on any atom is 0.260 e. The van der Waals surface area contributed by atoms with Crippen molar-refractivity contribution in [2.24, 2.45) is 0 Å². The van der Waals surface area contributed by atoms with Gasteiger partial charge < -0.3 is 24.3 Å². The Morgan fingerprint density at radius 1 is 0.788 bits per heavy atom. The highest BCUT2D eigenvalue weighted by molar-refractivity contribution is 5.95. The number of para-hydroxylation sites is 1. The molecule has 3 aromatic carbocycles. The molecule has 2 aliphatic rings. The summed E-state index contributed by atoms with van der Waals surface area (Å²) in [5, 5.41) is 2.38. The molecule has 5 rings (SSSR count). The van der Waals surface area contributed by atoms with Crippen LogP contribution >= 0.6 is 0 Å². The van der Waals surface area contributed by atoms with Gasteiger partial charge >= 0.3 is 0 Å². The molecule has 0 radical (unpaired) electrons. The minimum atomic E-state index is 0.0511. The first-order valence-corrected chi connectivity index (χ1v) is 11.8. The quantitative estimate of drug-likeness (QED) is 0.604. The van der Waals surface area contributed by atoms with Crippen LogP contribution in [0.15, 0.2) is 66.7 Å². The molecule has 0 atom stereocenters. The van der Waals surface area contributed by atoms with E-state index in [0.717, 1.165) is 58.1 Å². The van der Waals surface area contributed by atoms with Gasteiger partial charge in [0.2, 0.25) is 0 Å². The van der Waals surface area contributed by atoms with Gasteiger partial charge in [0, 0.05) is 69.1 Å². The lowest BCUT2D eigenvalue weighted by Crippen LogP contribution is -2.50. The molecule has 3 aromatic rings. The highest BCUT2D eigenvalue weighted by Gasteiger charge is 2.22.